The van der Waals surface area contributed by atoms with Crippen LogP contribution in [0.4, 0.5) is 0 Å². The molecule has 96 valence electrons. The van der Waals surface area contributed by atoms with Gasteiger partial charge < -0.3 is 15.3 Å². The van der Waals surface area contributed by atoms with Crippen LogP contribution in [0.25, 0.3) is 0 Å². The third kappa shape index (κ3) is 3.80. The average Bonchev–Trinajstić information content (AvgIpc) is 2.27. The fourth-order valence-electron chi connectivity index (χ4n) is 1.70. The van der Waals surface area contributed by atoms with Crippen molar-refractivity contribution in [1.82, 2.24) is 0 Å². The van der Waals surface area contributed by atoms with Gasteiger partial charge in [0.15, 0.2) is 0 Å². The molecule has 0 aromatic heterocycles. The van der Waals surface area contributed by atoms with Gasteiger partial charge in [0.25, 0.3) is 0 Å². The molecule has 0 aliphatic heterocycles. The van der Waals surface area contributed by atoms with Crippen molar-refractivity contribution in [1.29, 1.82) is 0 Å². The smallest absolute Gasteiger partial charge is 0.105 e. The minimum atomic E-state index is -0.940. The summed E-state index contributed by atoms with van der Waals surface area (Å²) in [7, 11) is 0. The predicted molar refractivity (Wildman–Crippen MR) is 67.8 cm³/mol. The minimum absolute atomic E-state index is 0.0116. The standard InChI is InChI=1S/C14H22O3/c1-14(2,3)11-6-4-5-10(9-11)13(17)12(16)7-8-15/h4-6,9,12-13,15-17H,7-8H2,1-3H3. The Morgan fingerprint density at radius 2 is 1.82 bits per heavy atom. The van der Waals surface area contributed by atoms with Gasteiger partial charge in [-0.25, -0.2) is 0 Å². The van der Waals surface area contributed by atoms with Crippen molar-refractivity contribution in [3.8, 4) is 0 Å². The summed E-state index contributed by atoms with van der Waals surface area (Å²) in [5, 5.41) is 28.3. The number of hydrogen-bond donors (Lipinski definition) is 3. The van der Waals surface area contributed by atoms with Crippen LogP contribution in [-0.4, -0.2) is 28.0 Å². The van der Waals surface area contributed by atoms with Gasteiger partial charge >= 0.3 is 0 Å². The maximum absolute atomic E-state index is 9.95. The van der Waals surface area contributed by atoms with E-state index in [1.54, 1.807) is 6.07 Å². The van der Waals surface area contributed by atoms with Crippen molar-refractivity contribution < 1.29 is 15.3 Å². The highest BCUT2D eigenvalue weighted by Gasteiger charge is 2.20. The highest BCUT2D eigenvalue weighted by Crippen LogP contribution is 2.26. The topological polar surface area (TPSA) is 60.7 Å². The van der Waals surface area contributed by atoms with E-state index in [0.29, 0.717) is 5.56 Å². The second-order valence-electron chi connectivity index (χ2n) is 5.40. The summed E-state index contributed by atoms with van der Waals surface area (Å²) in [6, 6.07) is 7.59. The lowest BCUT2D eigenvalue weighted by Gasteiger charge is -2.22. The zero-order valence-corrected chi connectivity index (χ0v) is 10.7. The minimum Gasteiger partial charge on any atom is -0.396 e. The van der Waals surface area contributed by atoms with Crippen LogP contribution in [-0.2, 0) is 5.41 Å². The van der Waals surface area contributed by atoms with Gasteiger partial charge in [-0.1, -0.05) is 45.0 Å². The Labute approximate surface area is 103 Å². The average molecular weight is 238 g/mol. The van der Waals surface area contributed by atoms with Gasteiger partial charge in [-0.3, -0.25) is 0 Å². The van der Waals surface area contributed by atoms with Crippen LogP contribution in [0.1, 0.15) is 44.4 Å². The summed E-state index contributed by atoms with van der Waals surface area (Å²) in [6.45, 7) is 6.17. The Kier molecular flexibility index (Phi) is 4.69. The van der Waals surface area contributed by atoms with Crippen molar-refractivity contribution in [3.05, 3.63) is 35.4 Å². The molecule has 1 rings (SSSR count). The molecular weight excluding hydrogens is 216 g/mol. The maximum Gasteiger partial charge on any atom is 0.105 e. The van der Waals surface area contributed by atoms with Crippen molar-refractivity contribution in [2.24, 2.45) is 0 Å². The summed E-state index contributed by atoms with van der Waals surface area (Å²) >= 11 is 0. The molecule has 3 nitrogen and oxygen atoms in total. The van der Waals surface area contributed by atoms with Crippen LogP contribution in [0.2, 0.25) is 0 Å². The molecule has 1 aromatic carbocycles. The van der Waals surface area contributed by atoms with Gasteiger partial charge in [0.2, 0.25) is 0 Å². The zero-order valence-electron chi connectivity index (χ0n) is 10.7. The normalized spacial score (nSPS) is 15.6. The predicted octanol–water partition coefficient (Wildman–Crippen LogP) is 1.76. The molecule has 2 atom stereocenters. The Morgan fingerprint density at radius 3 is 2.35 bits per heavy atom. The second-order valence-corrected chi connectivity index (χ2v) is 5.40. The van der Waals surface area contributed by atoms with E-state index in [2.05, 4.69) is 20.8 Å². The summed E-state index contributed by atoms with van der Waals surface area (Å²) in [5.41, 5.74) is 1.82. The van der Waals surface area contributed by atoms with E-state index >= 15 is 0 Å². The number of aliphatic hydroxyl groups is 3. The quantitative estimate of drug-likeness (QED) is 0.749. The molecule has 0 spiro atoms. The SMILES string of the molecule is CC(C)(C)c1cccc(C(O)C(O)CCO)c1. The first-order valence-corrected chi connectivity index (χ1v) is 5.93. The molecular formula is C14H22O3. The Morgan fingerprint density at radius 1 is 1.18 bits per heavy atom. The molecule has 3 heteroatoms. The summed E-state index contributed by atoms with van der Waals surface area (Å²) < 4.78 is 0. The third-order valence-electron chi connectivity index (χ3n) is 2.88. The molecule has 0 heterocycles. The van der Waals surface area contributed by atoms with E-state index in [4.69, 9.17) is 5.11 Å². The Bertz CT molecular complexity index is 355. The molecule has 3 N–H and O–H groups in total. The molecule has 2 unspecified atom stereocenters. The van der Waals surface area contributed by atoms with Crippen molar-refractivity contribution in [3.63, 3.8) is 0 Å². The van der Waals surface area contributed by atoms with Crippen molar-refractivity contribution in [2.75, 3.05) is 6.61 Å². The second kappa shape index (κ2) is 5.63. The van der Waals surface area contributed by atoms with Gasteiger partial charge in [0.05, 0.1) is 6.10 Å². The van der Waals surface area contributed by atoms with Gasteiger partial charge in [0, 0.05) is 6.61 Å². The largest absolute Gasteiger partial charge is 0.396 e. The first-order valence-electron chi connectivity index (χ1n) is 5.93. The Hall–Kier alpha value is -0.900. The molecule has 0 aliphatic rings. The van der Waals surface area contributed by atoms with E-state index in [0.717, 1.165) is 5.56 Å². The lowest BCUT2D eigenvalue weighted by Crippen LogP contribution is -2.20. The van der Waals surface area contributed by atoms with Crippen LogP contribution in [0.3, 0.4) is 0 Å². The van der Waals surface area contributed by atoms with Gasteiger partial charge in [-0.05, 0) is 23.0 Å². The van der Waals surface area contributed by atoms with E-state index < -0.39 is 12.2 Å². The van der Waals surface area contributed by atoms with Gasteiger partial charge in [-0.2, -0.15) is 0 Å². The van der Waals surface area contributed by atoms with Crippen LogP contribution in [0.5, 0.6) is 0 Å². The molecule has 0 saturated heterocycles. The molecule has 0 amide bonds. The molecule has 0 bridgehead atoms. The summed E-state index contributed by atoms with van der Waals surface area (Å²) in [4.78, 5) is 0. The van der Waals surface area contributed by atoms with Crippen LogP contribution in [0.15, 0.2) is 24.3 Å². The van der Waals surface area contributed by atoms with Gasteiger partial charge in [-0.15, -0.1) is 0 Å². The van der Waals surface area contributed by atoms with Crippen LogP contribution < -0.4 is 0 Å². The monoisotopic (exact) mass is 238 g/mol. The fourth-order valence-corrected chi connectivity index (χ4v) is 1.70. The van der Waals surface area contributed by atoms with Crippen LogP contribution >= 0.6 is 0 Å². The zero-order chi connectivity index (χ0) is 13.1. The van der Waals surface area contributed by atoms with Crippen molar-refractivity contribution in [2.45, 2.75) is 44.8 Å². The molecule has 17 heavy (non-hydrogen) atoms. The molecule has 0 aliphatic carbocycles. The van der Waals surface area contributed by atoms with E-state index in [1.165, 1.54) is 0 Å². The number of rotatable bonds is 4. The number of benzene rings is 1. The van der Waals surface area contributed by atoms with Gasteiger partial charge in [0.1, 0.15) is 6.10 Å². The van der Waals surface area contributed by atoms with E-state index in [9.17, 15) is 10.2 Å². The first-order chi connectivity index (χ1) is 7.86. The van der Waals surface area contributed by atoms with E-state index in [-0.39, 0.29) is 18.4 Å². The Balaban J connectivity index is 2.92. The molecule has 0 fully saturated rings. The molecule has 0 saturated carbocycles. The molecule has 0 radical (unpaired) electrons. The summed E-state index contributed by atoms with van der Waals surface area (Å²) in [6.07, 6.45) is -1.68. The lowest BCUT2D eigenvalue weighted by molar-refractivity contribution is 0.00415. The number of hydrogen-bond acceptors (Lipinski definition) is 3. The van der Waals surface area contributed by atoms with E-state index in [1.807, 2.05) is 18.2 Å². The molecule has 1 aromatic rings. The van der Waals surface area contributed by atoms with Crippen molar-refractivity contribution >= 4 is 0 Å². The lowest BCUT2D eigenvalue weighted by atomic mass is 9.85. The highest BCUT2D eigenvalue weighted by molar-refractivity contribution is 5.30. The fraction of sp³-hybridized carbons (Fsp3) is 0.571. The highest BCUT2D eigenvalue weighted by atomic mass is 16.3. The first kappa shape index (κ1) is 14.2. The van der Waals surface area contributed by atoms with Crippen LogP contribution in [0, 0.1) is 0 Å². The maximum atomic E-state index is 9.95. The summed E-state index contributed by atoms with van der Waals surface area (Å²) in [5.74, 6) is 0. The number of aliphatic hydroxyl groups excluding tert-OH is 3. The third-order valence-corrected chi connectivity index (χ3v) is 2.88.